The number of hydrogen-bond acceptors (Lipinski definition) is 8. The lowest BCUT2D eigenvalue weighted by atomic mass is 10.2. The smallest absolute Gasteiger partial charge is 0.157 e. The first kappa shape index (κ1) is 23.9. The molecule has 1 aliphatic rings. The van der Waals surface area contributed by atoms with Crippen LogP contribution in [0.1, 0.15) is 19.3 Å². The first-order valence-corrected chi connectivity index (χ1v) is 10.4. The van der Waals surface area contributed by atoms with Crippen LogP contribution in [0.5, 0.6) is 5.75 Å². The molecule has 0 aromatic heterocycles. The van der Waals surface area contributed by atoms with E-state index in [4.69, 9.17) is 38.9 Å². The van der Waals surface area contributed by atoms with Crippen molar-refractivity contribution in [3.05, 3.63) is 24.3 Å². The van der Waals surface area contributed by atoms with Crippen molar-refractivity contribution in [2.45, 2.75) is 25.6 Å². The van der Waals surface area contributed by atoms with Crippen LogP contribution in [0.4, 0.5) is 5.69 Å². The third-order valence-electron chi connectivity index (χ3n) is 4.19. The van der Waals surface area contributed by atoms with Crippen molar-refractivity contribution >= 4 is 5.69 Å². The molecule has 1 fully saturated rings. The summed E-state index contributed by atoms with van der Waals surface area (Å²) in [6, 6.07) is 7.40. The van der Waals surface area contributed by atoms with Gasteiger partial charge < -0.3 is 38.9 Å². The fourth-order valence-electron chi connectivity index (χ4n) is 2.67. The number of nitrogens with two attached hydrogens (primary N) is 1. The fraction of sp³-hybridized carbons (Fsp3) is 0.714. The van der Waals surface area contributed by atoms with E-state index in [1.807, 2.05) is 18.2 Å². The zero-order chi connectivity index (χ0) is 20.4. The highest BCUT2D eigenvalue weighted by atomic mass is 16.7. The van der Waals surface area contributed by atoms with Crippen LogP contribution in [-0.2, 0) is 28.4 Å². The van der Waals surface area contributed by atoms with Crippen molar-refractivity contribution in [1.82, 2.24) is 0 Å². The van der Waals surface area contributed by atoms with Gasteiger partial charge in [-0.2, -0.15) is 0 Å². The predicted octanol–water partition coefficient (Wildman–Crippen LogP) is 2.26. The third kappa shape index (κ3) is 12.0. The maximum absolute atomic E-state index is 5.79. The summed E-state index contributed by atoms with van der Waals surface area (Å²) in [7, 11) is 0. The van der Waals surface area contributed by atoms with E-state index in [1.165, 1.54) is 6.42 Å². The Labute approximate surface area is 173 Å². The van der Waals surface area contributed by atoms with Gasteiger partial charge in [0.25, 0.3) is 0 Å². The molecule has 0 aliphatic carbocycles. The highest BCUT2D eigenvalue weighted by Crippen LogP contribution is 2.19. The Morgan fingerprint density at radius 3 is 1.93 bits per heavy atom. The largest absolute Gasteiger partial charge is 0.489 e. The van der Waals surface area contributed by atoms with Crippen LogP contribution in [0, 0.1) is 0 Å². The van der Waals surface area contributed by atoms with Crippen molar-refractivity contribution in [2.24, 2.45) is 0 Å². The fourth-order valence-corrected chi connectivity index (χ4v) is 2.67. The van der Waals surface area contributed by atoms with Gasteiger partial charge in [0, 0.05) is 6.61 Å². The van der Waals surface area contributed by atoms with Crippen LogP contribution >= 0.6 is 0 Å². The summed E-state index contributed by atoms with van der Waals surface area (Å²) in [5.74, 6) is 0.680. The molecule has 166 valence electrons. The Hall–Kier alpha value is -1.42. The maximum Gasteiger partial charge on any atom is 0.157 e. The van der Waals surface area contributed by atoms with Crippen molar-refractivity contribution in [3.8, 4) is 5.75 Å². The molecule has 1 aromatic carbocycles. The van der Waals surface area contributed by atoms with Gasteiger partial charge in [-0.3, -0.25) is 0 Å². The Morgan fingerprint density at radius 1 is 0.759 bits per heavy atom. The van der Waals surface area contributed by atoms with Crippen LogP contribution in [0.25, 0.3) is 0 Å². The molecule has 0 spiro atoms. The van der Waals surface area contributed by atoms with E-state index in [1.54, 1.807) is 6.07 Å². The summed E-state index contributed by atoms with van der Waals surface area (Å²) in [6.45, 7) is 6.03. The Bertz CT molecular complexity index is 512. The monoisotopic (exact) mass is 413 g/mol. The lowest BCUT2D eigenvalue weighted by Gasteiger charge is -2.22. The highest BCUT2D eigenvalue weighted by Gasteiger charge is 2.13. The summed E-state index contributed by atoms with van der Waals surface area (Å²) in [6.07, 6.45) is 3.22. The van der Waals surface area contributed by atoms with Gasteiger partial charge in [-0.1, -0.05) is 12.1 Å². The van der Waals surface area contributed by atoms with Crippen molar-refractivity contribution in [3.63, 3.8) is 0 Å². The number of para-hydroxylation sites is 2. The predicted molar refractivity (Wildman–Crippen MR) is 109 cm³/mol. The normalized spacial score (nSPS) is 16.8. The van der Waals surface area contributed by atoms with Crippen molar-refractivity contribution in [1.29, 1.82) is 0 Å². The lowest BCUT2D eigenvalue weighted by molar-refractivity contribution is -0.169. The summed E-state index contributed by atoms with van der Waals surface area (Å²) in [5.41, 5.74) is 6.42. The van der Waals surface area contributed by atoms with Crippen LogP contribution in [0.15, 0.2) is 24.3 Å². The van der Waals surface area contributed by atoms with E-state index in [2.05, 4.69) is 0 Å². The van der Waals surface area contributed by atoms with Gasteiger partial charge in [-0.15, -0.1) is 0 Å². The second-order valence-electron chi connectivity index (χ2n) is 6.50. The molecule has 1 atom stereocenters. The first-order chi connectivity index (χ1) is 14.4. The average molecular weight is 414 g/mol. The number of rotatable bonds is 17. The zero-order valence-electron chi connectivity index (χ0n) is 17.2. The Kier molecular flexibility index (Phi) is 13.5. The molecule has 1 heterocycles. The van der Waals surface area contributed by atoms with Gasteiger partial charge in [-0.25, -0.2) is 0 Å². The highest BCUT2D eigenvalue weighted by molar-refractivity contribution is 5.51. The molecule has 0 amide bonds. The van der Waals surface area contributed by atoms with Gasteiger partial charge in [-0.05, 0) is 31.4 Å². The SMILES string of the molecule is Nc1ccccc1OCCOCCOCCOCCOCCOC1CCCCO1. The molecule has 1 aliphatic heterocycles. The summed E-state index contributed by atoms with van der Waals surface area (Å²) >= 11 is 0. The van der Waals surface area contributed by atoms with E-state index in [0.717, 1.165) is 19.4 Å². The minimum atomic E-state index is -0.0556. The molecular formula is C21H35NO7. The van der Waals surface area contributed by atoms with Gasteiger partial charge >= 0.3 is 0 Å². The lowest BCUT2D eigenvalue weighted by Crippen LogP contribution is -2.24. The topological polar surface area (TPSA) is 90.6 Å². The second kappa shape index (κ2) is 16.4. The van der Waals surface area contributed by atoms with Gasteiger partial charge in [0.2, 0.25) is 0 Å². The minimum absolute atomic E-state index is 0.0556. The third-order valence-corrected chi connectivity index (χ3v) is 4.19. The number of ether oxygens (including phenoxy) is 7. The van der Waals surface area contributed by atoms with Crippen molar-refractivity contribution in [2.75, 3.05) is 78.4 Å². The number of benzene rings is 1. The molecule has 1 saturated heterocycles. The van der Waals surface area contributed by atoms with Crippen molar-refractivity contribution < 1.29 is 33.2 Å². The standard InChI is InChI=1S/C21H35NO7/c22-19-5-1-2-6-20(19)27-17-15-25-13-11-23-9-10-24-12-14-26-16-18-29-21-7-3-4-8-28-21/h1-2,5-6,21H,3-4,7-18,22H2. The van der Waals surface area contributed by atoms with Crippen LogP contribution in [0.2, 0.25) is 0 Å². The molecule has 2 N–H and O–H groups in total. The quantitative estimate of drug-likeness (QED) is 0.307. The molecular weight excluding hydrogens is 378 g/mol. The van der Waals surface area contributed by atoms with E-state index < -0.39 is 0 Å². The molecule has 1 aromatic rings. The van der Waals surface area contributed by atoms with Gasteiger partial charge in [0.15, 0.2) is 6.29 Å². The maximum atomic E-state index is 5.79. The number of nitrogen functional groups attached to an aromatic ring is 1. The molecule has 8 heteroatoms. The van der Waals surface area contributed by atoms with Crippen LogP contribution in [-0.4, -0.2) is 79.0 Å². The second-order valence-corrected chi connectivity index (χ2v) is 6.50. The Morgan fingerprint density at radius 2 is 1.34 bits per heavy atom. The number of anilines is 1. The average Bonchev–Trinajstić information content (AvgIpc) is 2.75. The summed E-state index contributed by atoms with van der Waals surface area (Å²) in [4.78, 5) is 0. The van der Waals surface area contributed by atoms with E-state index in [9.17, 15) is 0 Å². The Balaban J connectivity index is 1.25. The zero-order valence-corrected chi connectivity index (χ0v) is 17.2. The molecule has 1 unspecified atom stereocenters. The van der Waals surface area contributed by atoms with Gasteiger partial charge in [0.1, 0.15) is 12.4 Å². The molecule has 0 saturated carbocycles. The summed E-state index contributed by atoms with van der Waals surface area (Å²) < 4.78 is 38.4. The van der Waals surface area contributed by atoms with E-state index in [0.29, 0.717) is 77.5 Å². The molecule has 29 heavy (non-hydrogen) atoms. The van der Waals surface area contributed by atoms with Gasteiger partial charge in [0.05, 0.1) is 65.1 Å². The summed E-state index contributed by atoms with van der Waals surface area (Å²) in [5, 5.41) is 0. The molecule has 2 rings (SSSR count). The first-order valence-electron chi connectivity index (χ1n) is 10.4. The van der Waals surface area contributed by atoms with E-state index >= 15 is 0 Å². The molecule has 0 bridgehead atoms. The number of hydrogen-bond donors (Lipinski definition) is 1. The van der Waals surface area contributed by atoms with Crippen LogP contribution < -0.4 is 10.5 Å². The molecule has 0 radical (unpaired) electrons. The molecule has 8 nitrogen and oxygen atoms in total. The van der Waals surface area contributed by atoms with Crippen LogP contribution in [0.3, 0.4) is 0 Å². The van der Waals surface area contributed by atoms with E-state index in [-0.39, 0.29) is 6.29 Å². The minimum Gasteiger partial charge on any atom is -0.489 e.